The van der Waals surface area contributed by atoms with E-state index < -0.39 is 0 Å². The van der Waals surface area contributed by atoms with Crippen LogP contribution in [0.15, 0.2) is 0 Å². The average Bonchev–Trinajstić information content (AvgIpc) is 2.86. The lowest BCUT2D eigenvalue weighted by atomic mass is 9.75. The zero-order chi connectivity index (χ0) is 12.4. The second kappa shape index (κ2) is 5.50. The molecule has 2 nitrogen and oxygen atoms in total. The SMILES string of the molecule is CC1CCCCC12CNCC(CC1CCCC1)O2. The van der Waals surface area contributed by atoms with Crippen LogP contribution in [0.4, 0.5) is 0 Å². The summed E-state index contributed by atoms with van der Waals surface area (Å²) in [5, 5.41) is 3.67. The molecule has 1 heterocycles. The minimum absolute atomic E-state index is 0.180. The van der Waals surface area contributed by atoms with Crippen molar-refractivity contribution in [3.63, 3.8) is 0 Å². The van der Waals surface area contributed by atoms with Gasteiger partial charge in [0.1, 0.15) is 0 Å². The summed E-state index contributed by atoms with van der Waals surface area (Å²) in [6, 6.07) is 0. The number of morpholine rings is 1. The number of nitrogens with one attached hydrogen (secondary N) is 1. The zero-order valence-corrected chi connectivity index (χ0v) is 11.9. The third-order valence-electron chi connectivity index (χ3n) is 5.65. The maximum Gasteiger partial charge on any atom is 0.0836 e. The Morgan fingerprint density at radius 3 is 2.67 bits per heavy atom. The molecule has 1 spiro atoms. The van der Waals surface area contributed by atoms with E-state index in [-0.39, 0.29) is 5.60 Å². The molecular weight excluding hydrogens is 222 g/mol. The molecule has 0 aromatic heterocycles. The predicted octanol–water partition coefficient (Wildman–Crippen LogP) is 3.50. The zero-order valence-electron chi connectivity index (χ0n) is 11.9. The van der Waals surface area contributed by atoms with Crippen LogP contribution < -0.4 is 5.32 Å². The second-order valence-electron chi connectivity index (χ2n) is 6.97. The topological polar surface area (TPSA) is 21.3 Å². The molecule has 0 amide bonds. The second-order valence-corrected chi connectivity index (χ2v) is 6.97. The summed E-state index contributed by atoms with van der Waals surface area (Å²) in [6.45, 7) is 4.58. The van der Waals surface area contributed by atoms with Crippen LogP contribution >= 0.6 is 0 Å². The fourth-order valence-corrected chi connectivity index (χ4v) is 4.43. The molecule has 3 fully saturated rings. The highest BCUT2D eigenvalue weighted by Gasteiger charge is 2.43. The first-order valence-corrected chi connectivity index (χ1v) is 8.17. The first kappa shape index (κ1) is 12.9. The van der Waals surface area contributed by atoms with Crippen LogP contribution in [0.3, 0.4) is 0 Å². The fraction of sp³-hybridized carbons (Fsp3) is 1.00. The molecule has 1 saturated heterocycles. The van der Waals surface area contributed by atoms with Crippen LogP contribution in [-0.4, -0.2) is 24.8 Å². The Bertz CT molecular complexity index is 270. The van der Waals surface area contributed by atoms with E-state index in [1.54, 1.807) is 0 Å². The van der Waals surface area contributed by atoms with Gasteiger partial charge in [-0.25, -0.2) is 0 Å². The van der Waals surface area contributed by atoms with Crippen molar-refractivity contribution in [3.05, 3.63) is 0 Å². The van der Waals surface area contributed by atoms with Crippen molar-refractivity contribution < 1.29 is 4.74 Å². The van der Waals surface area contributed by atoms with Crippen LogP contribution in [0.2, 0.25) is 0 Å². The molecule has 1 aliphatic heterocycles. The minimum Gasteiger partial charge on any atom is -0.369 e. The molecule has 2 saturated carbocycles. The highest BCUT2D eigenvalue weighted by Crippen LogP contribution is 2.40. The Morgan fingerprint density at radius 2 is 1.89 bits per heavy atom. The molecule has 0 radical (unpaired) electrons. The Labute approximate surface area is 112 Å². The van der Waals surface area contributed by atoms with Gasteiger partial charge < -0.3 is 10.1 Å². The average molecular weight is 251 g/mol. The van der Waals surface area contributed by atoms with Gasteiger partial charge in [-0.3, -0.25) is 0 Å². The van der Waals surface area contributed by atoms with E-state index in [1.165, 1.54) is 57.8 Å². The monoisotopic (exact) mass is 251 g/mol. The molecule has 104 valence electrons. The summed E-state index contributed by atoms with van der Waals surface area (Å²) >= 11 is 0. The lowest BCUT2D eigenvalue weighted by Gasteiger charge is -2.48. The van der Waals surface area contributed by atoms with Crippen molar-refractivity contribution in [2.45, 2.75) is 76.4 Å². The molecular formula is C16H29NO. The Hall–Kier alpha value is -0.0800. The molecule has 2 aliphatic carbocycles. The first-order chi connectivity index (χ1) is 8.78. The molecule has 3 unspecified atom stereocenters. The van der Waals surface area contributed by atoms with Crippen LogP contribution in [0.5, 0.6) is 0 Å². The maximum atomic E-state index is 6.63. The Kier molecular flexibility index (Phi) is 3.95. The van der Waals surface area contributed by atoms with Gasteiger partial charge in [0, 0.05) is 13.1 Å². The van der Waals surface area contributed by atoms with Crippen LogP contribution in [0.1, 0.15) is 64.7 Å². The van der Waals surface area contributed by atoms with Gasteiger partial charge in [-0.05, 0) is 31.1 Å². The fourth-order valence-electron chi connectivity index (χ4n) is 4.43. The Balaban J connectivity index is 1.60. The van der Waals surface area contributed by atoms with E-state index in [9.17, 15) is 0 Å². The highest BCUT2D eigenvalue weighted by atomic mass is 16.5. The smallest absolute Gasteiger partial charge is 0.0836 e. The van der Waals surface area contributed by atoms with E-state index in [2.05, 4.69) is 12.2 Å². The van der Waals surface area contributed by atoms with Crippen LogP contribution in [0.25, 0.3) is 0 Å². The van der Waals surface area contributed by atoms with Crippen LogP contribution in [-0.2, 0) is 4.74 Å². The maximum absolute atomic E-state index is 6.63. The number of hydrogen-bond acceptors (Lipinski definition) is 2. The van der Waals surface area contributed by atoms with E-state index in [4.69, 9.17) is 4.74 Å². The van der Waals surface area contributed by atoms with Gasteiger partial charge in [-0.1, -0.05) is 45.4 Å². The van der Waals surface area contributed by atoms with Crippen LogP contribution in [0, 0.1) is 11.8 Å². The van der Waals surface area contributed by atoms with Gasteiger partial charge in [-0.15, -0.1) is 0 Å². The van der Waals surface area contributed by atoms with Crippen molar-refractivity contribution in [1.29, 1.82) is 0 Å². The predicted molar refractivity (Wildman–Crippen MR) is 74.7 cm³/mol. The lowest BCUT2D eigenvalue weighted by Crippen LogP contribution is -2.58. The van der Waals surface area contributed by atoms with Gasteiger partial charge in [-0.2, -0.15) is 0 Å². The standard InChI is InChI=1S/C16H29NO/c1-13-6-4-5-9-16(13)12-17-11-15(18-16)10-14-7-2-3-8-14/h13-15,17H,2-12H2,1H3. The van der Waals surface area contributed by atoms with Gasteiger partial charge in [0.15, 0.2) is 0 Å². The first-order valence-electron chi connectivity index (χ1n) is 8.17. The third-order valence-corrected chi connectivity index (χ3v) is 5.65. The van der Waals surface area contributed by atoms with E-state index >= 15 is 0 Å². The summed E-state index contributed by atoms with van der Waals surface area (Å²) in [6.07, 6.45) is 13.0. The van der Waals surface area contributed by atoms with Crippen molar-refractivity contribution in [2.75, 3.05) is 13.1 Å². The molecule has 0 aromatic carbocycles. The summed E-state index contributed by atoms with van der Waals surface area (Å²) in [5.41, 5.74) is 0.180. The quantitative estimate of drug-likeness (QED) is 0.811. The summed E-state index contributed by atoms with van der Waals surface area (Å²) in [5.74, 6) is 1.69. The minimum atomic E-state index is 0.180. The number of ether oxygens (including phenoxy) is 1. The highest BCUT2D eigenvalue weighted by molar-refractivity contribution is 4.96. The van der Waals surface area contributed by atoms with Crippen molar-refractivity contribution in [2.24, 2.45) is 11.8 Å². The Morgan fingerprint density at radius 1 is 1.11 bits per heavy atom. The molecule has 0 aromatic rings. The van der Waals surface area contributed by atoms with Gasteiger partial charge in [0.2, 0.25) is 0 Å². The van der Waals surface area contributed by atoms with Gasteiger partial charge in [0.05, 0.1) is 11.7 Å². The summed E-state index contributed by atoms with van der Waals surface area (Å²) in [7, 11) is 0. The van der Waals surface area contributed by atoms with Crippen molar-refractivity contribution in [1.82, 2.24) is 5.32 Å². The lowest BCUT2D eigenvalue weighted by molar-refractivity contribution is -0.163. The molecule has 1 N–H and O–H groups in total. The van der Waals surface area contributed by atoms with E-state index in [1.807, 2.05) is 0 Å². The largest absolute Gasteiger partial charge is 0.369 e. The van der Waals surface area contributed by atoms with Crippen molar-refractivity contribution >= 4 is 0 Å². The summed E-state index contributed by atoms with van der Waals surface area (Å²) < 4.78 is 6.63. The van der Waals surface area contributed by atoms with E-state index in [0.29, 0.717) is 6.10 Å². The molecule has 3 aliphatic rings. The van der Waals surface area contributed by atoms with E-state index in [0.717, 1.165) is 24.9 Å². The van der Waals surface area contributed by atoms with Gasteiger partial charge in [0.25, 0.3) is 0 Å². The number of rotatable bonds is 2. The number of hydrogen-bond donors (Lipinski definition) is 1. The summed E-state index contributed by atoms with van der Waals surface area (Å²) in [4.78, 5) is 0. The normalized spacial score (nSPS) is 42.5. The van der Waals surface area contributed by atoms with Crippen molar-refractivity contribution in [3.8, 4) is 0 Å². The molecule has 18 heavy (non-hydrogen) atoms. The third kappa shape index (κ3) is 2.60. The molecule has 2 heteroatoms. The molecule has 0 bridgehead atoms. The molecule has 3 atom stereocenters. The van der Waals surface area contributed by atoms with Gasteiger partial charge >= 0.3 is 0 Å². The molecule has 3 rings (SSSR count).